The second-order valence-corrected chi connectivity index (χ2v) is 5.49. The molecule has 0 saturated carbocycles. The van der Waals surface area contributed by atoms with Crippen molar-refractivity contribution in [2.24, 2.45) is 0 Å². The van der Waals surface area contributed by atoms with E-state index in [1.54, 1.807) is 22.5 Å². The summed E-state index contributed by atoms with van der Waals surface area (Å²) in [5.74, 6) is 1.52. The molecular formula is C13H11ClN4S. The molecule has 0 amide bonds. The van der Waals surface area contributed by atoms with E-state index < -0.39 is 0 Å². The highest BCUT2D eigenvalue weighted by Crippen LogP contribution is 2.27. The van der Waals surface area contributed by atoms with E-state index in [1.165, 1.54) is 0 Å². The summed E-state index contributed by atoms with van der Waals surface area (Å²) >= 11 is 7.83. The number of nitrogens with zero attached hydrogens (tertiary/aromatic N) is 4. The van der Waals surface area contributed by atoms with Crippen LogP contribution in [0.5, 0.6) is 0 Å². The molecule has 3 rings (SSSR count). The maximum Gasteiger partial charge on any atom is 0.253 e. The van der Waals surface area contributed by atoms with Gasteiger partial charge in [0.15, 0.2) is 0 Å². The fourth-order valence-electron chi connectivity index (χ4n) is 1.84. The standard InChI is InChI=1S/C13H11ClN4S/c1-2-19-13-16-12-15-8-7-11(18(12)17-13)9-5-3-4-6-10(9)14/h3-8H,2H2,1H3. The fraction of sp³-hybridized carbons (Fsp3) is 0.154. The molecule has 0 atom stereocenters. The molecule has 0 bridgehead atoms. The van der Waals surface area contributed by atoms with E-state index in [0.29, 0.717) is 10.8 Å². The molecule has 0 spiro atoms. The number of benzene rings is 1. The lowest BCUT2D eigenvalue weighted by molar-refractivity contribution is 0.886. The van der Waals surface area contributed by atoms with Gasteiger partial charge in [0.25, 0.3) is 5.78 Å². The summed E-state index contributed by atoms with van der Waals surface area (Å²) in [7, 11) is 0. The van der Waals surface area contributed by atoms with Crippen LogP contribution >= 0.6 is 23.4 Å². The maximum atomic E-state index is 6.24. The number of thioether (sulfide) groups is 1. The third kappa shape index (κ3) is 2.31. The molecule has 1 aromatic carbocycles. The average Bonchev–Trinajstić information content (AvgIpc) is 2.82. The Morgan fingerprint density at radius 3 is 2.89 bits per heavy atom. The summed E-state index contributed by atoms with van der Waals surface area (Å²) in [6.45, 7) is 2.07. The van der Waals surface area contributed by atoms with Crippen molar-refractivity contribution in [3.05, 3.63) is 41.6 Å². The van der Waals surface area contributed by atoms with Crippen molar-refractivity contribution in [1.82, 2.24) is 19.6 Å². The van der Waals surface area contributed by atoms with Crippen LogP contribution in [0, 0.1) is 0 Å². The largest absolute Gasteiger partial charge is 0.253 e. The van der Waals surface area contributed by atoms with Crippen LogP contribution < -0.4 is 0 Å². The second-order valence-electron chi connectivity index (χ2n) is 3.85. The Morgan fingerprint density at radius 1 is 1.26 bits per heavy atom. The lowest BCUT2D eigenvalue weighted by atomic mass is 10.1. The summed E-state index contributed by atoms with van der Waals surface area (Å²) in [6, 6.07) is 9.58. The number of hydrogen-bond donors (Lipinski definition) is 0. The van der Waals surface area contributed by atoms with Gasteiger partial charge in [0.05, 0.1) is 5.69 Å². The summed E-state index contributed by atoms with van der Waals surface area (Å²) in [6.07, 6.45) is 1.73. The van der Waals surface area contributed by atoms with Crippen molar-refractivity contribution < 1.29 is 0 Å². The number of halogens is 1. The number of fused-ring (bicyclic) bond motifs is 1. The molecule has 2 heterocycles. The van der Waals surface area contributed by atoms with Gasteiger partial charge in [-0.2, -0.15) is 9.50 Å². The monoisotopic (exact) mass is 290 g/mol. The van der Waals surface area contributed by atoms with Gasteiger partial charge >= 0.3 is 0 Å². The molecule has 4 nitrogen and oxygen atoms in total. The van der Waals surface area contributed by atoms with Crippen molar-refractivity contribution in [1.29, 1.82) is 0 Å². The molecule has 0 saturated heterocycles. The first-order valence-electron chi connectivity index (χ1n) is 5.89. The highest BCUT2D eigenvalue weighted by molar-refractivity contribution is 7.99. The van der Waals surface area contributed by atoms with E-state index in [4.69, 9.17) is 11.6 Å². The molecule has 6 heteroatoms. The normalized spacial score (nSPS) is 11.1. The average molecular weight is 291 g/mol. The Labute approximate surface area is 119 Å². The van der Waals surface area contributed by atoms with Gasteiger partial charge in [-0.15, -0.1) is 5.10 Å². The van der Waals surface area contributed by atoms with Crippen LogP contribution in [0.3, 0.4) is 0 Å². The molecule has 0 aliphatic carbocycles. The molecular weight excluding hydrogens is 280 g/mol. The van der Waals surface area contributed by atoms with E-state index >= 15 is 0 Å². The highest BCUT2D eigenvalue weighted by atomic mass is 35.5. The van der Waals surface area contributed by atoms with Crippen LogP contribution in [0.2, 0.25) is 5.02 Å². The second kappa shape index (κ2) is 5.19. The Bertz CT molecular complexity index is 725. The zero-order chi connectivity index (χ0) is 13.2. The maximum absolute atomic E-state index is 6.24. The summed E-state index contributed by atoms with van der Waals surface area (Å²) in [4.78, 5) is 8.61. The first-order valence-corrected chi connectivity index (χ1v) is 7.25. The summed E-state index contributed by atoms with van der Waals surface area (Å²) < 4.78 is 1.74. The zero-order valence-corrected chi connectivity index (χ0v) is 11.8. The lowest BCUT2D eigenvalue weighted by Crippen LogP contribution is -1.96. The van der Waals surface area contributed by atoms with E-state index in [1.807, 2.05) is 30.3 Å². The smallest absolute Gasteiger partial charge is 0.220 e. The van der Waals surface area contributed by atoms with Crippen LogP contribution in [0.15, 0.2) is 41.7 Å². The molecule has 3 aromatic rings. The molecule has 0 fully saturated rings. The Balaban J connectivity index is 2.21. The topological polar surface area (TPSA) is 43.1 Å². The van der Waals surface area contributed by atoms with Gasteiger partial charge in [-0.05, 0) is 17.9 Å². The third-order valence-electron chi connectivity index (χ3n) is 2.64. The molecule has 0 radical (unpaired) electrons. The predicted molar refractivity (Wildman–Crippen MR) is 77.6 cm³/mol. The van der Waals surface area contributed by atoms with Gasteiger partial charge in [0, 0.05) is 16.8 Å². The number of rotatable bonds is 3. The minimum atomic E-state index is 0.591. The Hall–Kier alpha value is -1.59. The van der Waals surface area contributed by atoms with Crippen molar-refractivity contribution >= 4 is 29.1 Å². The van der Waals surface area contributed by atoms with Gasteiger partial charge in [-0.1, -0.05) is 48.5 Å². The molecule has 0 aliphatic heterocycles. The van der Waals surface area contributed by atoms with Gasteiger partial charge < -0.3 is 0 Å². The van der Waals surface area contributed by atoms with Crippen molar-refractivity contribution in [3.8, 4) is 11.3 Å². The quantitative estimate of drug-likeness (QED) is 0.692. The molecule has 19 heavy (non-hydrogen) atoms. The molecule has 96 valence electrons. The van der Waals surface area contributed by atoms with Crippen LogP contribution in [0.4, 0.5) is 0 Å². The molecule has 0 aliphatic rings. The third-order valence-corrected chi connectivity index (χ3v) is 3.69. The fourth-order valence-corrected chi connectivity index (χ4v) is 2.62. The van der Waals surface area contributed by atoms with Crippen LogP contribution in [-0.4, -0.2) is 25.3 Å². The van der Waals surface area contributed by atoms with E-state index in [9.17, 15) is 0 Å². The van der Waals surface area contributed by atoms with Gasteiger partial charge in [0.2, 0.25) is 5.16 Å². The molecule has 0 N–H and O–H groups in total. The van der Waals surface area contributed by atoms with Crippen LogP contribution in [0.25, 0.3) is 17.0 Å². The minimum Gasteiger partial charge on any atom is -0.220 e. The van der Waals surface area contributed by atoms with E-state index in [0.717, 1.165) is 22.2 Å². The first kappa shape index (κ1) is 12.4. The predicted octanol–water partition coefficient (Wildman–Crippen LogP) is 3.56. The SMILES string of the molecule is CCSc1nc2nccc(-c3ccccc3Cl)n2n1. The minimum absolute atomic E-state index is 0.591. The van der Waals surface area contributed by atoms with E-state index in [-0.39, 0.29) is 0 Å². The lowest BCUT2D eigenvalue weighted by Gasteiger charge is -2.05. The summed E-state index contributed by atoms with van der Waals surface area (Å²) in [5.41, 5.74) is 1.82. The zero-order valence-electron chi connectivity index (χ0n) is 10.2. The molecule has 2 aromatic heterocycles. The van der Waals surface area contributed by atoms with Gasteiger partial charge in [-0.25, -0.2) is 4.98 Å². The highest BCUT2D eigenvalue weighted by Gasteiger charge is 2.11. The van der Waals surface area contributed by atoms with Crippen LogP contribution in [0.1, 0.15) is 6.92 Å². The van der Waals surface area contributed by atoms with Crippen molar-refractivity contribution in [3.63, 3.8) is 0 Å². The van der Waals surface area contributed by atoms with Crippen LogP contribution in [-0.2, 0) is 0 Å². The summed E-state index contributed by atoms with van der Waals surface area (Å²) in [5, 5.41) is 5.89. The van der Waals surface area contributed by atoms with E-state index in [2.05, 4.69) is 22.0 Å². The van der Waals surface area contributed by atoms with Crippen molar-refractivity contribution in [2.45, 2.75) is 12.1 Å². The Morgan fingerprint density at radius 2 is 2.11 bits per heavy atom. The Kier molecular flexibility index (Phi) is 3.40. The molecule has 0 unspecified atom stereocenters. The first-order chi connectivity index (χ1) is 9.29. The number of hydrogen-bond acceptors (Lipinski definition) is 4. The number of aromatic nitrogens is 4. The van der Waals surface area contributed by atoms with Gasteiger partial charge in [0.1, 0.15) is 0 Å². The van der Waals surface area contributed by atoms with Gasteiger partial charge in [-0.3, -0.25) is 0 Å². The van der Waals surface area contributed by atoms with Crippen molar-refractivity contribution in [2.75, 3.05) is 5.75 Å².